The van der Waals surface area contributed by atoms with E-state index in [4.69, 9.17) is 5.73 Å². The van der Waals surface area contributed by atoms with Crippen LogP contribution in [0.3, 0.4) is 0 Å². The van der Waals surface area contributed by atoms with Gasteiger partial charge in [0.1, 0.15) is 0 Å². The van der Waals surface area contributed by atoms with Gasteiger partial charge in [0.25, 0.3) is 0 Å². The van der Waals surface area contributed by atoms with Gasteiger partial charge in [0, 0.05) is 11.4 Å². The zero-order valence-electron chi connectivity index (χ0n) is 14.2. The lowest BCUT2D eigenvalue weighted by Crippen LogP contribution is -2.17. The minimum atomic E-state index is -3.17. The highest BCUT2D eigenvalue weighted by Gasteiger charge is 2.17. The molecule has 0 saturated heterocycles. The van der Waals surface area contributed by atoms with Gasteiger partial charge in [-0.25, -0.2) is 8.42 Å². The van der Waals surface area contributed by atoms with Crippen LogP contribution in [0.1, 0.15) is 25.0 Å². The maximum Gasteiger partial charge on any atom is 0.228 e. The first kappa shape index (κ1) is 21.0. The quantitative estimate of drug-likeness (QED) is 0.751. The van der Waals surface area contributed by atoms with Crippen LogP contribution in [0.15, 0.2) is 48.5 Å². The molecule has 2 aromatic carbocycles. The number of rotatable bonds is 6. The number of nitrogens with one attached hydrogen (secondary N) is 1. The van der Waals surface area contributed by atoms with E-state index in [1.807, 2.05) is 0 Å². The van der Waals surface area contributed by atoms with E-state index in [0.29, 0.717) is 16.9 Å². The first-order valence-corrected chi connectivity index (χ1v) is 9.42. The molecule has 0 atom stereocenters. The Labute approximate surface area is 155 Å². The van der Waals surface area contributed by atoms with E-state index in [0.717, 1.165) is 5.56 Å². The van der Waals surface area contributed by atoms with E-state index in [-0.39, 0.29) is 30.5 Å². The maximum atomic E-state index is 12.1. The number of nitrogens with two attached hydrogens (primary N) is 1. The summed E-state index contributed by atoms with van der Waals surface area (Å²) >= 11 is 0. The number of amides is 1. The SMILES string of the molecule is CC(C)S(=O)(=O)Cc1cccc(NC(=O)Cc2ccc(N)cc2)c1.Cl. The van der Waals surface area contributed by atoms with Crippen molar-refractivity contribution in [3.05, 3.63) is 59.7 Å². The molecule has 0 aliphatic carbocycles. The minimum Gasteiger partial charge on any atom is -0.399 e. The smallest absolute Gasteiger partial charge is 0.228 e. The van der Waals surface area contributed by atoms with Gasteiger partial charge >= 0.3 is 0 Å². The highest BCUT2D eigenvalue weighted by Crippen LogP contribution is 2.16. The van der Waals surface area contributed by atoms with Crippen molar-refractivity contribution in [3.63, 3.8) is 0 Å². The molecule has 25 heavy (non-hydrogen) atoms. The molecule has 0 aliphatic rings. The molecule has 0 fully saturated rings. The molecular formula is C18H23ClN2O3S. The van der Waals surface area contributed by atoms with Gasteiger partial charge in [-0.15, -0.1) is 12.4 Å². The molecule has 0 aliphatic heterocycles. The van der Waals surface area contributed by atoms with Crippen LogP contribution in [0, 0.1) is 0 Å². The highest BCUT2D eigenvalue weighted by atomic mass is 35.5. The summed E-state index contributed by atoms with van der Waals surface area (Å²) in [6.45, 7) is 3.32. The molecule has 0 unspecified atom stereocenters. The topological polar surface area (TPSA) is 89.3 Å². The van der Waals surface area contributed by atoms with Crippen LogP contribution < -0.4 is 11.1 Å². The third-order valence-corrected chi connectivity index (χ3v) is 5.81. The van der Waals surface area contributed by atoms with Crippen LogP contribution in [-0.4, -0.2) is 19.6 Å². The van der Waals surface area contributed by atoms with Crippen LogP contribution in [0.5, 0.6) is 0 Å². The molecule has 0 saturated carbocycles. The molecule has 0 heterocycles. The number of anilines is 2. The number of carbonyl (C=O) groups excluding carboxylic acids is 1. The van der Waals surface area contributed by atoms with Crippen LogP contribution in [0.25, 0.3) is 0 Å². The van der Waals surface area contributed by atoms with Gasteiger partial charge in [-0.3, -0.25) is 4.79 Å². The summed E-state index contributed by atoms with van der Waals surface area (Å²) in [4.78, 5) is 12.1. The number of carbonyl (C=O) groups is 1. The highest BCUT2D eigenvalue weighted by molar-refractivity contribution is 7.91. The Kier molecular flexibility index (Phi) is 7.45. The van der Waals surface area contributed by atoms with Crippen molar-refractivity contribution >= 4 is 39.5 Å². The lowest BCUT2D eigenvalue weighted by molar-refractivity contribution is -0.115. The van der Waals surface area contributed by atoms with Crippen LogP contribution in [0.2, 0.25) is 0 Å². The van der Waals surface area contributed by atoms with Crippen molar-refractivity contribution in [2.75, 3.05) is 11.1 Å². The number of benzene rings is 2. The Morgan fingerprint density at radius 2 is 1.72 bits per heavy atom. The Morgan fingerprint density at radius 1 is 1.08 bits per heavy atom. The summed E-state index contributed by atoms with van der Waals surface area (Å²) in [6.07, 6.45) is 0.231. The summed E-state index contributed by atoms with van der Waals surface area (Å²) in [5.74, 6) is -0.199. The van der Waals surface area contributed by atoms with E-state index in [1.165, 1.54) is 0 Å². The third kappa shape index (κ3) is 6.40. The van der Waals surface area contributed by atoms with Crippen LogP contribution >= 0.6 is 12.4 Å². The minimum absolute atomic E-state index is 0. The molecule has 3 N–H and O–H groups in total. The van der Waals surface area contributed by atoms with Crippen LogP contribution in [0.4, 0.5) is 11.4 Å². The summed E-state index contributed by atoms with van der Waals surface area (Å²) in [5.41, 5.74) is 8.38. The normalized spacial score (nSPS) is 11.0. The standard InChI is InChI=1S/C18H22N2O3S.ClH/c1-13(2)24(22,23)12-15-4-3-5-17(10-15)20-18(21)11-14-6-8-16(19)9-7-14;/h3-10,13H,11-12,19H2,1-2H3,(H,20,21);1H. The number of nitrogen functional groups attached to an aromatic ring is 1. The lowest BCUT2D eigenvalue weighted by Gasteiger charge is -2.10. The second-order valence-corrected chi connectivity index (χ2v) is 8.58. The monoisotopic (exact) mass is 382 g/mol. The number of hydrogen-bond acceptors (Lipinski definition) is 4. The predicted octanol–water partition coefficient (Wildman–Crippen LogP) is 3.20. The molecule has 0 aromatic heterocycles. The van der Waals surface area contributed by atoms with E-state index in [1.54, 1.807) is 62.4 Å². The van der Waals surface area contributed by atoms with E-state index >= 15 is 0 Å². The lowest BCUT2D eigenvalue weighted by atomic mass is 10.1. The molecule has 1 amide bonds. The van der Waals surface area contributed by atoms with Crippen molar-refractivity contribution in [1.82, 2.24) is 0 Å². The average molecular weight is 383 g/mol. The molecule has 136 valence electrons. The zero-order chi connectivity index (χ0) is 17.7. The van der Waals surface area contributed by atoms with E-state index in [2.05, 4.69) is 5.32 Å². The van der Waals surface area contributed by atoms with Gasteiger partial charge in [-0.2, -0.15) is 0 Å². The third-order valence-electron chi connectivity index (χ3n) is 3.64. The zero-order valence-corrected chi connectivity index (χ0v) is 15.9. The first-order chi connectivity index (χ1) is 11.3. The fraction of sp³-hybridized carbons (Fsp3) is 0.278. The number of sulfone groups is 1. The molecule has 2 aromatic rings. The maximum absolute atomic E-state index is 12.1. The Balaban J connectivity index is 0.00000312. The van der Waals surface area contributed by atoms with Crippen LogP contribution in [-0.2, 0) is 26.8 Å². The average Bonchev–Trinajstić information content (AvgIpc) is 2.49. The van der Waals surface area contributed by atoms with Crippen molar-refractivity contribution in [2.45, 2.75) is 31.3 Å². The molecule has 0 bridgehead atoms. The van der Waals surface area contributed by atoms with Crippen molar-refractivity contribution in [3.8, 4) is 0 Å². The van der Waals surface area contributed by atoms with Gasteiger partial charge < -0.3 is 11.1 Å². The van der Waals surface area contributed by atoms with Gasteiger partial charge in [-0.05, 0) is 49.2 Å². The Bertz CT molecular complexity index is 818. The van der Waals surface area contributed by atoms with Gasteiger partial charge in [0.2, 0.25) is 5.91 Å². The van der Waals surface area contributed by atoms with Gasteiger partial charge in [0.05, 0.1) is 17.4 Å². The predicted molar refractivity (Wildman–Crippen MR) is 105 cm³/mol. The van der Waals surface area contributed by atoms with E-state index < -0.39 is 15.1 Å². The second kappa shape index (κ2) is 8.87. The van der Waals surface area contributed by atoms with Crippen molar-refractivity contribution in [2.24, 2.45) is 0 Å². The fourth-order valence-corrected chi connectivity index (χ4v) is 3.14. The van der Waals surface area contributed by atoms with E-state index in [9.17, 15) is 13.2 Å². The fourth-order valence-electron chi connectivity index (χ4n) is 2.16. The molecule has 7 heteroatoms. The van der Waals surface area contributed by atoms with Crippen molar-refractivity contribution in [1.29, 1.82) is 0 Å². The number of halogens is 1. The summed E-state index contributed by atoms with van der Waals surface area (Å²) in [7, 11) is -3.17. The van der Waals surface area contributed by atoms with Gasteiger partial charge in [-0.1, -0.05) is 24.3 Å². The second-order valence-electron chi connectivity index (χ2n) is 6.02. The Hall–Kier alpha value is -2.05. The molecule has 0 spiro atoms. The Morgan fingerprint density at radius 3 is 2.32 bits per heavy atom. The summed E-state index contributed by atoms with van der Waals surface area (Å²) in [6, 6.07) is 14.0. The van der Waals surface area contributed by atoms with Gasteiger partial charge in [0.15, 0.2) is 9.84 Å². The molecule has 2 rings (SSSR count). The van der Waals surface area contributed by atoms with Crippen molar-refractivity contribution < 1.29 is 13.2 Å². The first-order valence-electron chi connectivity index (χ1n) is 7.71. The molecule has 5 nitrogen and oxygen atoms in total. The largest absolute Gasteiger partial charge is 0.399 e. The molecular weight excluding hydrogens is 360 g/mol. The summed E-state index contributed by atoms with van der Waals surface area (Å²) in [5, 5.41) is 2.37. The summed E-state index contributed by atoms with van der Waals surface area (Å²) < 4.78 is 24.0. The molecule has 0 radical (unpaired) electrons. The number of hydrogen-bond donors (Lipinski definition) is 2.